The third-order valence-corrected chi connectivity index (χ3v) is 5.29. The number of unbranched alkanes of at least 4 members (excludes halogenated alkanes) is 13. The zero-order valence-corrected chi connectivity index (χ0v) is 17.9. The third-order valence-electron chi connectivity index (χ3n) is 5.29. The monoisotopic (exact) mass is 405 g/mol. The number of rotatable bonds is 16. The molecule has 29 heavy (non-hydrogen) atoms. The molecule has 1 aromatic carbocycles. The summed E-state index contributed by atoms with van der Waals surface area (Å²) in [4.78, 5) is 16.0. The molecule has 0 saturated carbocycles. The fraction of sp³-hybridized carbons (Fsp3) is 0.667. The molecule has 2 aromatic rings. The highest BCUT2D eigenvalue weighted by molar-refractivity contribution is 5.77. The van der Waals surface area contributed by atoms with Crippen LogP contribution in [0.15, 0.2) is 27.4 Å². The largest absolute Gasteiger partial charge is 0.450 e. The molecule has 0 saturated heterocycles. The second-order valence-corrected chi connectivity index (χ2v) is 7.87. The number of benzene rings is 1. The Morgan fingerprint density at radius 3 is 2.00 bits per heavy atom. The van der Waals surface area contributed by atoms with Gasteiger partial charge >= 0.3 is 11.7 Å². The summed E-state index contributed by atoms with van der Waals surface area (Å²) >= 11 is 0. The van der Waals surface area contributed by atoms with Gasteiger partial charge in [-0.3, -0.25) is 0 Å². The molecule has 0 unspecified atom stereocenters. The van der Waals surface area contributed by atoms with Crippen LogP contribution in [0.4, 0.5) is 4.39 Å². The van der Waals surface area contributed by atoms with E-state index >= 15 is 0 Å². The SMILES string of the molecule is CCCCCCCCCCCCCCCCOc1nc2ccc(F)cc2c(=O)o1. The highest BCUT2D eigenvalue weighted by Gasteiger charge is 2.08. The average molecular weight is 406 g/mol. The van der Waals surface area contributed by atoms with E-state index in [0.717, 1.165) is 18.9 Å². The molecule has 162 valence electrons. The predicted molar refractivity (Wildman–Crippen MR) is 116 cm³/mol. The second-order valence-electron chi connectivity index (χ2n) is 7.87. The van der Waals surface area contributed by atoms with E-state index in [1.165, 1.54) is 89.2 Å². The van der Waals surface area contributed by atoms with Crippen molar-refractivity contribution in [1.82, 2.24) is 4.98 Å². The van der Waals surface area contributed by atoms with E-state index in [9.17, 15) is 9.18 Å². The van der Waals surface area contributed by atoms with Crippen LogP contribution >= 0.6 is 0 Å². The maximum atomic E-state index is 13.2. The molecule has 0 amide bonds. The zero-order valence-electron chi connectivity index (χ0n) is 17.9. The Labute approximate surface area is 173 Å². The van der Waals surface area contributed by atoms with E-state index in [0.29, 0.717) is 12.1 Å². The lowest BCUT2D eigenvalue weighted by Crippen LogP contribution is -2.06. The van der Waals surface area contributed by atoms with Gasteiger partial charge in [0.25, 0.3) is 0 Å². The first kappa shape index (κ1) is 23.4. The Hall–Kier alpha value is -1.91. The van der Waals surface area contributed by atoms with E-state index in [1.807, 2.05) is 0 Å². The van der Waals surface area contributed by atoms with Crippen molar-refractivity contribution in [2.24, 2.45) is 0 Å². The summed E-state index contributed by atoms with van der Waals surface area (Å²) < 4.78 is 23.7. The molecule has 0 fully saturated rings. The number of aromatic nitrogens is 1. The summed E-state index contributed by atoms with van der Waals surface area (Å²) in [5.74, 6) is -0.484. The minimum absolute atomic E-state index is 0.0381. The van der Waals surface area contributed by atoms with Gasteiger partial charge in [-0.05, 0) is 24.6 Å². The van der Waals surface area contributed by atoms with Gasteiger partial charge in [0.2, 0.25) is 0 Å². The molecule has 0 aliphatic carbocycles. The molecule has 0 N–H and O–H groups in total. The lowest BCUT2D eigenvalue weighted by atomic mass is 10.0. The normalized spacial score (nSPS) is 11.2. The van der Waals surface area contributed by atoms with Crippen LogP contribution in [0.3, 0.4) is 0 Å². The minimum atomic E-state index is -0.620. The Morgan fingerprint density at radius 1 is 0.862 bits per heavy atom. The maximum absolute atomic E-state index is 13.2. The second kappa shape index (κ2) is 14.1. The third kappa shape index (κ3) is 9.42. The van der Waals surface area contributed by atoms with Crippen LogP contribution in [0, 0.1) is 5.82 Å². The molecule has 1 aromatic heterocycles. The number of hydrogen-bond acceptors (Lipinski definition) is 4. The van der Waals surface area contributed by atoms with Crippen molar-refractivity contribution in [3.63, 3.8) is 0 Å². The number of ether oxygens (including phenoxy) is 1. The van der Waals surface area contributed by atoms with E-state index in [1.54, 1.807) is 0 Å². The molecule has 1 heterocycles. The highest BCUT2D eigenvalue weighted by Crippen LogP contribution is 2.15. The molecule has 2 rings (SSSR count). The molecule has 4 nitrogen and oxygen atoms in total. The lowest BCUT2D eigenvalue weighted by molar-refractivity contribution is 0.211. The van der Waals surface area contributed by atoms with Gasteiger partial charge < -0.3 is 9.15 Å². The molecule has 0 atom stereocenters. The van der Waals surface area contributed by atoms with Gasteiger partial charge in [-0.2, -0.15) is 4.98 Å². The quantitative estimate of drug-likeness (QED) is 0.277. The van der Waals surface area contributed by atoms with Crippen molar-refractivity contribution >= 4 is 10.9 Å². The Bertz CT molecular complexity index is 759. The standard InChI is InChI=1S/C24H36FNO3/c1-2-3-4-5-6-7-8-9-10-11-12-13-14-15-18-28-24-26-22-17-16-20(25)19-21(22)23(27)29-24/h16-17,19H,2-15,18H2,1H3. The first-order valence-corrected chi connectivity index (χ1v) is 11.4. The van der Waals surface area contributed by atoms with Crippen LogP contribution < -0.4 is 10.4 Å². The van der Waals surface area contributed by atoms with Crippen LogP contribution in [0.1, 0.15) is 96.8 Å². The average Bonchev–Trinajstić information content (AvgIpc) is 2.71. The first-order valence-electron chi connectivity index (χ1n) is 11.4. The van der Waals surface area contributed by atoms with Crippen LogP contribution in [0.5, 0.6) is 6.08 Å². The Morgan fingerprint density at radius 2 is 1.41 bits per heavy atom. The van der Waals surface area contributed by atoms with Gasteiger partial charge in [0.15, 0.2) is 0 Å². The first-order chi connectivity index (χ1) is 14.2. The van der Waals surface area contributed by atoms with Crippen LogP contribution in [-0.4, -0.2) is 11.6 Å². The smallest absolute Gasteiger partial charge is 0.397 e. The molecule has 0 aliphatic heterocycles. The van der Waals surface area contributed by atoms with Crippen molar-refractivity contribution in [2.45, 2.75) is 96.8 Å². The van der Waals surface area contributed by atoms with E-state index in [2.05, 4.69) is 11.9 Å². The Balaban J connectivity index is 1.46. The van der Waals surface area contributed by atoms with Gasteiger partial charge in [-0.1, -0.05) is 90.4 Å². The zero-order chi connectivity index (χ0) is 20.7. The molecule has 0 spiro atoms. The van der Waals surface area contributed by atoms with E-state index in [-0.39, 0.29) is 11.5 Å². The molecule has 5 heteroatoms. The van der Waals surface area contributed by atoms with Crippen LogP contribution in [-0.2, 0) is 0 Å². The number of fused-ring (bicyclic) bond motifs is 1. The van der Waals surface area contributed by atoms with Crippen molar-refractivity contribution in [1.29, 1.82) is 0 Å². The number of halogens is 1. The maximum Gasteiger partial charge on any atom is 0.397 e. The van der Waals surface area contributed by atoms with E-state index < -0.39 is 11.4 Å². The minimum Gasteiger partial charge on any atom is -0.450 e. The van der Waals surface area contributed by atoms with Gasteiger partial charge in [0, 0.05) is 0 Å². The molecular formula is C24H36FNO3. The summed E-state index contributed by atoms with van der Waals surface area (Å²) in [6.45, 7) is 2.74. The summed E-state index contributed by atoms with van der Waals surface area (Å²) in [6.07, 6.45) is 18.2. The summed E-state index contributed by atoms with van der Waals surface area (Å²) in [5.41, 5.74) is -0.232. The summed E-state index contributed by atoms with van der Waals surface area (Å²) in [6, 6.07) is 3.86. The topological polar surface area (TPSA) is 52.3 Å². The van der Waals surface area contributed by atoms with Crippen LogP contribution in [0.2, 0.25) is 0 Å². The summed E-state index contributed by atoms with van der Waals surface area (Å²) in [7, 11) is 0. The molecule has 0 bridgehead atoms. The van der Waals surface area contributed by atoms with Gasteiger partial charge in [-0.15, -0.1) is 0 Å². The van der Waals surface area contributed by atoms with Crippen molar-refractivity contribution in [2.75, 3.05) is 6.61 Å². The van der Waals surface area contributed by atoms with Crippen molar-refractivity contribution < 1.29 is 13.5 Å². The number of nitrogens with zero attached hydrogens (tertiary/aromatic N) is 1. The number of hydrogen-bond donors (Lipinski definition) is 0. The molecule has 0 aliphatic rings. The van der Waals surface area contributed by atoms with Crippen molar-refractivity contribution in [3.8, 4) is 6.08 Å². The van der Waals surface area contributed by atoms with Crippen LogP contribution in [0.25, 0.3) is 10.9 Å². The van der Waals surface area contributed by atoms with Crippen molar-refractivity contribution in [3.05, 3.63) is 34.4 Å². The fourth-order valence-corrected chi connectivity index (χ4v) is 3.54. The molecule has 0 radical (unpaired) electrons. The molecular weight excluding hydrogens is 369 g/mol. The summed E-state index contributed by atoms with van der Waals surface area (Å²) in [5, 5.41) is 0.133. The van der Waals surface area contributed by atoms with Gasteiger partial charge in [0.05, 0.1) is 17.5 Å². The van der Waals surface area contributed by atoms with Gasteiger partial charge in [-0.25, -0.2) is 9.18 Å². The van der Waals surface area contributed by atoms with E-state index in [4.69, 9.17) is 9.15 Å². The highest BCUT2D eigenvalue weighted by atomic mass is 19.1. The Kier molecular flexibility index (Phi) is 11.4. The fourth-order valence-electron chi connectivity index (χ4n) is 3.54. The van der Waals surface area contributed by atoms with Gasteiger partial charge in [0.1, 0.15) is 5.82 Å². The lowest BCUT2D eigenvalue weighted by Gasteiger charge is -2.05. The predicted octanol–water partition coefficient (Wildman–Crippen LogP) is 7.19.